The van der Waals surface area contributed by atoms with Gasteiger partial charge < -0.3 is 0 Å². The van der Waals surface area contributed by atoms with Gasteiger partial charge >= 0.3 is 0 Å². The van der Waals surface area contributed by atoms with E-state index in [2.05, 4.69) is 36.2 Å². The van der Waals surface area contributed by atoms with Crippen molar-refractivity contribution in [2.24, 2.45) is 5.92 Å². The Hall–Kier alpha value is -1.72. The van der Waals surface area contributed by atoms with Gasteiger partial charge in [0.2, 0.25) is 10.0 Å². The molecule has 1 saturated heterocycles. The van der Waals surface area contributed by atoms with Crippen LogP contribution in [0.2, 0.25) is 0 Å². The van der Waals surface area contributed by atoms with Crippen molar-refractivity contribution < 1.29 is 8.42 Å². The molecule has 128 valence electrons. The van der Waals surface area contributed by atoms with Gasteiger partial charge in [0.15, 0.2) is 0 Å². The lowest BCUT2D eigenvalue weighted by Gasteiger charge is -2.31. The Morgan fingerprint density at radius 3 is 2.46 bits per heavy atom. The monoisotopic (exact) mass is 344 g/mol. The number of hydrogen-bond acceptors (Lipinski definition) is 3. The summed E-state index contributed by atoms with van der Waals surface area (Å²) < 4.78 is 26.8. The summed E-state index contributed by atoms with van der Waals surface area (Å²) in [5.74, 6) is 0.603. The van der Waals surface area contributed by atoms with E-state index in [0.717, 1.165) is 25.7 Å². The van der Waals surface area contributed by atoms with Gasteiger partial charge in [-0.3, -0.25) is 4.98 Å². The van der Waals surface area contributed by atoms with Crippen LogP contribution in [0.3, 0.4) is 0 Å². The van der Waals surface area contributed by atoms with Crippen LogP contribution in [0.4, 0.5) is 0 Å². The highest BCUT2D eigenvalue weighted by molar-refractivity contribution is 7.89. The smallest absolute Gasteiger partial charge is 0.244 e. The molecule has 1 aliphatic rings. The fourth-order valence-electron chi connectivity index (χ4n) is 3.21. The highest BCUT2D eigenvalue weighted by atomic mass is 32.2. The van der Waals surface area contributed by atoms with Crippen molar-refractivity contribution in [1.82, 2.24) is 9.29 Å². The van der Waals surface area contributed by atoms with E-state index >= 15 is 0 Å². The maximum atomic E-state index is 12.6. The van der Waals surface area contributed by atoms with Gasteiger partial charge in [-0.05, 0) is 56.2 Å². The summed E-state index contributed by atoms with van der Waals surface area (Å²) in [6.07, 6.45) is 7.09. The van der Waals surface area contributed by atoms with Crippen molar-refractivity contribution in [3.05, 3.63) is 59.9 Å². The van der Waals surface area contributed by atoms with E-state index in [4.69, 9.17) is 0 Å². The molecule has 5 heteroatoms. The highest BCUT2D eigenvalue weighted by Crippen LogP contribution is 2.26. The lowest BCUT2D eigenvalue weighted by atomic mass is 9.91. The fourth-order valence-corrected chi connectivity index (χ4v) is 4.65. The Morgan fingerprint density at radius 1 is 1.12 bits per heavy atom. The number of hydrogen-bond donors (Lipinski definition) is 0. The van der Waals surface area contributed by atoms with Crippen LogP contribution in [0.15, 0.2) is 53.7 Å². The first kappa shape index (κ1) is 17.1. The van der Waals surface area contributed by atoms with Crippen LogP contribution in [-0.2, 0) is 16.4 Å². The molecular weight excluding hydrogens is 320 g/mol. The molecule has 0 unspecified atom stereocenters. The minimum Gasteiger partial charge on any atom is -0.263 e. The number of rotatable bonds is 5. The van der Waals surface area contributed by atoms with Gasteiger partial charge in [-0.2, -0.15) is 4.31 Å². The highest BCUT2D eigenvalue weighted by Gasteiger charge is 2.29. The lowest BCUT2D eigenvalue weighted by molar-refractivity contribution is 0.263. The van der Waals surface area contributed by atoms with Crippen molar-refractivity contribution in [3.8, 4) is 0 Å². The molecule has 0 saturated carbocycles. The molecule has 4 nitrogen and oxygen atoms in total. The molecule has 1 aromatic carbocycles. The number of nitrogens with zero attached hydrogens (tertiary/aromatic N) is 2. The molecule has 0 bridgehead atoms. The Labute approximate surface area is 144 Å². The second-order valence-corrected chi connectivity index (χ2v) is 8.50. The predicted molar refractivity (Wildman–Crippen MR) is 95.2 cm³/mol. The molecule has 0 atom stereocenters. The maximum Gasteiger partial charge on any atom is 0.244 e. The van der Waals surface area contributed by atoms with E-state index < -0.39 is 10.0 Å². The van der Waals surface area contributed by atoms with Crippen molar-refractivity contribution in [1.29, 1.82) is 0 Å². The van der Waals surface area contributed by atoms with Crippen LogP contribution in [0.5, 0.6) is 0 Å². The number of aryl methyl sites for hydroxylation is 2. The molecule has 0 spiro atoms. The van der Waals surface area contributed by atoms with E-state index in [1.165, 1.54) is 17.3 Å². The average molecular weight is 344 g/mol. The van der Waals surface area contributed by atoms with E-state index in [1.54, 1.807) is 22.6 Å². The lowest BCUT2D eigenvalue weighted by Crippen LogP contribution is -2.38. The zero-order valence-corrected chi connectivity index (χ0v) is 14.9. The Bertz CT molecular complexity index is 750. The van der Waals surface area contributed by atoms with Crippen LogP contribution in [0.25, 0.3) is 0 Å². The van der Waals surface area contributed by atoms with Gasteiger partial charge in [0.05, 0.1) is 0 Å². The third kappa shape index (κ3) is 4.02. The molecule has 2 aromatic rings. The molecule has 0 N–H and O–H groups in total. The largest absolute Gasteiger partial charge is 0.263 e. The molecule has 24 heavy (non-hydrogen) atoms. The number of aromatic nitrogens is 1. The van der Waals surface area contributed by atoms with Crippen LogP contribution >= 0.6 is 0 Å². The minimum atomic E-state index is -3.39. The molecule has 1 aromatic heterocycles. The molecule has 1 fully saturated rings. The maximum absolute atomic E-state index is 12.6. The Kier molecular flexibility index (Phi) is 5.31. The van der Waals surface area contributed by atoms with E-state index in [1.807, 2.05) is 0 Å². The topological polar surface area (TPSA) is 50.3 Å². The second-order valence-electron chi connectivity index (χ2n) is 6.56. The van der Waals surface area contributed by atoms with E-state index in [-0.39, 0.29) is 0 Å². The van der Waals surface area contributed by atoms with Crippen molar-refractivity contribution >= 4 is 10.0 Å². The summed E-state index contributed by atoms with van der Waals surface area (Å²) in [5, 5.41) is 0. The van der Waals surface area contributed by atoms with E-state index in [9.17, 15) is 8.42 Å². The summed E-state index contributed by atoms with van der Waals surface area (Å²) in [5.41, 5.74) is 2.65. The first-order chi connectivity index (χ1) is 11.6. The zero-order chi connectivity index (χ0) is 17.0. The summed E-state index contributed by atoms with van der Waals surface area (Å²) in [6, 6.07) is 12.0. The van der Waals surface area contributed by atoms with E-state index in [0.29, 0.717) is 23.9 Å². The van der Waals surface area contributed by atoms with Gasteiger partial charge in [-0.1, -0.05) is 29.8 Å². The third-order valence-corrected chi connectivity index (χ3v) is 6.69. The number of pyridine rings is 1. The number of benzene rings is 1. The Morgan fingerprint density at radius 2 is 1.83 bits per heavy atom. The predicted octanol–water partition coefficient (Wildman–Crippen LogP) is 3.42. The van der Waals surface area contributed by atoms with Crippen molar-refractivity contribution in [2.75, 3.05) is 13.1 Å². The standard InChI is InChI=1S/C19H24N2O2S/c1-16-4-6-17(7-5-16)8-9-18-10-13-21(14-11-18)24(22,23)19-3-2-12-20-15-19/h2-7,12,15,18H,8-11,13-14H2,1H3. The molecule has 2 heterocycles. The number of sulfonamides is 1. The minimum absolute atomic E-state index is 0.295. The zero-order valence-electron chi connectivity index (χ0n) is 14.1. The second kappa shape index (κ2) is 7.45. The summed E-state index contributed by atoms with van der Waals surface area (Å²) in [4.78, 5) is 4.22. The third-order valence-electron chi connectivity index (χ3n) is 4.81. The average Bonchev–Trinajstić information content (AvgIpc) is 2.62. The molecular formula is C19H24N2O2S. The van der Waals surface area contributed by atoms with Gasteiger partial charge in [0.25, 0.3) is 0 Å². The summed E-state index contributed by atoms with van der Waals surface area (Å²) >= 11 is 0. The summed E-state index contributed by atoms with van der Waals surface area (Å²) in [7, 11) is -3.39. The van der Waals surface area contributed by atoms with Gasteiger partial charge in [0, 0.05) is 25.5 Å². The first-order valence-corrected chi connectivity index (χ1v) is 9.95. The van der Waals surface area contributed by atoms with Gasteiger partial charge in [-0.15, -0.1) is 0 Å². The first-order valence-electron chi connectivity index (χ1n) is 8.51. The molecule has 1 aliphatic heterocycles. The van der Waals surface area contributed by atoms with Crippen LogP contribution < -0.4 is 0 Å². The SMILES string of the molecule is Cc1ccc(CCC2CCN(S(=O)(=O)c3cccnc3)CC2)cc1. The fraction of sp³-hybridized carbons (Fsp3) is 0.421. The molecule has 3 rings (SSSR count). The molecule has 0 amide bonds. The molecule has 0 radical (unpaired) electrons. The van der Waals surface area contributed by atoms with Crippen LogP contribution in [-0.4, -0.2) is 30.8 Å². The van der Waals surface area contributed by atoms with Crippen molar-refractivity contribution in [3.63, 3.8) is 0 Å². The normalized spacial score (nSPS) is 17.0. The quantitative estimate of drug-likeness (QED) is 0.835. The van der Waals surface area contributed by atoms with Crippen molar-refractivity contribution in [2.45, 2.75) is 37.5 Å². The summed E-state index contributed by atoms with van der Waals surface area (Å²) in [6.45, 7) is 3.31. The van der Waals surface area contributed by atoms with Gasteiger partial charge in [-0.25, -0.2) is 8.42 Å². The number of piperidine rings is 1. The Balaban J connectivity index is 1.53. The van der Waals surface area contributed by atoms with Gasteiger partial charge in [0.1, 0.15) is 4.90 Å². The molecule has 0 aliphatic carbocycles. The van der Waals surface area contributed by atoms with Crippen LogP contribution in [0, 0.1) is 12.8 Å². The van der Waals surface area contributed by atoms with Crippen LogP contribution in [0.1, 0.15) is 30.4 Å².